The minimum Gasteiger partial charge on any atom is -0.498 e. The van der Waals surface area contributed by atoms with Crippen molar-refractivity contribution in [2.45, 2.75) is 107 Å². The number of allylic oxidation sites excluding steroid dienone is 6. The largest absolute Gasteiger partial charge is 0.572 e. The van der Waals surface area contributed by atoms with E-state index in [9.17, 15) is 13.2 Å². The normalized spacial score (nSPS) is 13.0. The van der Waals surface area contributed by atoms with Crippen molar-refractivity contribution in [3.8, 4) is 35.7 Å². The molecule has 0 atom stereocenters. The van der Waals surface area contributed by atoms with E-state index in [-0.39, 0.29) is 12.6 Å². The summed E-state index contributed by atoms with van der Waals surface area (Å²) in [4.78, 5) is 7.56. The second-order valence-electron chi connectivity index (χ2n) is 12.2. The third-order valence-electron chi connectivity index (χ3n) is 8.23. The number of rotatable bonds is 19. The lowest BCUT2D eigenvalue weighted by Crippen LogP contribution is -2.26. The van der Waals surface area contributed by atoms with E-state index in [1.165, 1.54) is 13.0 Å². The van der Waals surface area contributed by atoms with E-state index in [0.29, 0.717) is 19.7 Å². The van der Waals surface area contributed by atoms with E-state index in [2.05, 4.69) is 52.2 Å². The molecule has 3 aromatic rings. The molecule has 1 aliphatic rings. The molecule has 4 rings (SSSR count). The molecule has 1 aromatic heterocycles. The first kappa shape index (κ1) is 45.3. The molecule has 0 bridgehead atoms. The van der Waals surface area contributed by atoms with Crippen LogP contribution in [-0.2, 0) is 29.1 Å². The van der Waals surface area contributed by atoms with Crippen molar-refractivity contribution in [1.82, 2.24) is 14.5 Å². The highest BCUT2D eigenvalue weighted by atomic mass is 19.4. The molecular formula is C44H58F3N3O4. The molecule has 1 aliphatic heterocycles. The molecule has 54 heavy (non-hydrogen) atoms. The number of hydrogen-bond donors (Lipinski definition) is 0. The van der Waals surface area contributed by atoms with Crippen LogP contribution in [-0.4, -0.2) is 40.8 Å². The Morgan fingerprint density at radius 3 is 2.37 bits per heavy atom. The van der Waals surface area contributed by atoms with E-state index < -0.39 is 6.36 Å². The fourth-order valence-corrected chi connectivity index (χ4v) is 5.82. The summed E-state index contributed by atoms with van der Waals surface area (Å²) in [5.74, 6) is 2.98. The Labute approximate surface area is 321 Å². The highest BCUT2D eigenvalue weighted by molar-refractivity contribution is 5.69. The van der Waals surface area contributed by atoms with Crippen molar-refractivity contribution in [3.05, 3.63) is 107 Å². The van der Waals surface area contributed by atoms with Gasteiger partial charge in [0.2, 0.25) is 6.79 Å². The summed E-state index contributed by atoms with van der Waals surface area (Å²) < 4.78 is 62.4. The zero-order valence-corrected chi connectivity index (χ0v) is 33.0. The summed E-state index contributed by atoms with van der Waals surface area (Å²) >= 11 is 0. The third-order valence-corrected chi connectivity index (χ3v) is 8.23. The van der Waals surface area contributed by atoms with Crippen molar-refractivity contribution in [2.75, 3.05) is 19.9 Å². The number of nitrogens with zero attached hydrogens (tertiary/aromatic N) is 3. The zero-order chi connectivity index (χ0) is 39.9. The highest BCUT2D eigenvalue weighted by Gasteiger charge is 2.31. The molecular weight excluding hydrogens is 691 g/mol. The Morgan fingerprint density at radius 1 is 0.981 bits per heavy atom. The lowest BCUT2D eigenvalue weighted by Gasteiger charge is -2.24. The summed E-state index contributed by atoms with van der Waals surface area (Å²) in [7, 11) is 0. The number of aromatic nitrogens is 2. The van der Waals surface area contributed by atoms with Crippen LogP contribution in [0, 0.1) is 12.8 Å². The number of unbranched alkanes of at least 4 members (excludes halogenated alkanes) is 2. The first-order valence-corrected chi connectivity index (χ1v) is 18.7. The van der Waals surface area contributed by atoms with Gasteiger partial charge in [-0.1, -0.05) is 88.2 Å². The quantitative estimate of drug-likeness (QED) is 0.0400. The Morgan fingerprint density at radius 2 is 1.70 bits per heavy atom. The van der Waals surface area contributed by atoms with Crippen molar-refractivity contribution < 1.29 is 32.1 Å². The number of ether oxygens (including phenoxy) is 4. The number of imidazole rings is 1. The van der Waals surface area contributed by atoms with Gasteiger partial charge in [-0.3, -0.25) is 4.90 Å². The Bertz CT molecular complexity index is 1690. The van der Waals surface area contributed by atoms with Crippen LogP contribution < -0.4 is 9.47 Å². The molecule has 2 aromatic carbocycles. The number of fused-ring (bicyclic) bond motifs is 1. The van der Waals surface area contributed by atoms with Gasteiger partial charge in [-0.25, -0.2) is 4.98 Å². The number of terminal acetylenes is 1. The van der Waals surface area contributed by atoms with Crippen molar-refractivity contribution in [1.29, 1.82) is 0 Å². The van der Waals surface area contributed by atoms with E-state index in [1.807, 2.05) is 83.2 Å². The average Bonchev–Trinajstić information content (AvgIpc) is 3.78. The maximum absolute atomic E-state index is 12.9. The van der Waals surface area contributed by atoms with Crippen LogP contribution in [0.5, 0.6) is 11.5 Å². The van der Waals surface area contributed by atoms with Gasteiger partial charge in [0.1, 0.15) is 11.6 Å². The molecule has 0 aliphatic carbocycles. The molecule has 294 valence electrons. The minimum absolute atomic E-state index is 0.204. The van der Waals surface area contributed by atoms with Crippen LogP contribution in [0.25, 0.3) is 17.0 Å². The molecule has 2 heterocycles. The van der Waals surface area contributed by atoms with Gasteiger partial charge >= 0.3 is 6.36 Å². The van der Waals surface area contributed by atoms with Crippen LogP contribution in [0.15, 0.2) is 90.4 Å². The van der Waals surface area contributed by atoms with Crippen molar-refractivity contribution in [2.24, 2.45) is 0 Å². The summed E-state index contributed by atoms with van der Waals surface area (Å²) in [6, 6.07) is 16.1. The van der Waals surface area contributed by atoms with Crippen LogP contribution in [0.3, 0.4) is 0 Å². The second-order valence-corrected chi connectivity index (χ2v) is 12.2. The molecule has 0 radical (unpaired) electrons. The maximum Gasteiger partial charge on any atom is 0.572 e. The van der Waals surface area contributed by atoms with Gasteiger partial charge in [0, 0.05) is 38.2 Å². The zero-order valence-electron chi connectivity index (χ0n) is 33.0. The SMILES string of the molecule is C#C.C/C=C\C/C(=C\CCN(Cc1ccc2c(c1)OCO2)Cc1c(/C(C)=C/C=C(\C)OC(F)(F)F)nc(-c2ccccc2)n1CCCCC)OCC.CC. The van der Waals surface area contributed by atoms with Crippen LogP contribution in [0.1, 0.15) is 97.5 Å². The highest BCUT2D eigenvalue weighted by Crippen LogP contribution is 2.34. The average molecular weight is 750 g/mol. The van der Waals surface area contributed by atoms with E-state index in [4.69, 9.17) is 19.2 Å². The smallest absolute Gasteiger partial charge is 0.498 e. The van der Waals surface area contributed by atoms with Crippen LogP contribution >= 0.6 is 0 Å². The molecule has 0 fully saturated rings. The van der Waals surface area contributed by atoms with Gasteiger partial charge in [-0.2, -0.15) is 0 Å². The standard InChI is InChI=1S/C40H50F3N3O4.C2H6.C2H2/c1-6-9-14-25-46-35(38(44-39(46)33-16-12-11-13-17-33)30(4)20-21-31(5)50-40(41,42)43)28-45(24-15-19-34(47-8-3)18-10-7-2)27-32-22-23-36-37(26-32)49-29-48-36;2*1-2/h7,10-13,16-17,19-23,26H,6,8-9,14-15,18,24-25,27-29H2,1-5H3;1-2H3;1-2H/b10-7-,30-20+,31-21+,34-19+;;. The lowest BCUT2D eigenvalue weighted by molar-refractivity contribution is -0.305. The van der Waals surface area contributed by atoms with E-state index in [1.54, 1.807) is 6.08 Å². The predicted molar refractivity (Wildman–Crippen MR) is 213 cm³/mol. The molecule has 0 spiro atoms. The van der Waals surface area contributed by atoms with Gasteiger partial charge in [-0.05, 0) is 76.0 Å². The number of halogens is 3. The molecule has 10 heteroatoms. The fourth-order valence-electron chi connectivity index (χ4n) is 5.82. The molecule has 0 N–H and O–H groups in total. The van der Waals surface area contributed by atoms with E-state index in [0.717, 1.165) is 96.4 Å². The van der Waals surface area contributed by atoms with Crippen LogP contribution in [0.2, 0.25) is 0 Å². The van der Waals surface area contributed by atoms with Crippen molar-refractivity contribution in [3.63, 3.8) is 0 Å². The van der Waals surface area contributed by atoms with Gasteiger partial charge in [0.25, 0.3) is 0 Å². The fraction of sp³-hybridized carbons (Fsp3) is 0.432. The molecule has 0 amide bonds. The number of alkyl halides is 3. The summed E-state index contributed by atoms with van der Waals surface area (Å²) in [5, 5.41) is 0. The molecule has 0 unspecified atom stereocenters. The second kappa shape index (κ2) is 24.4. The Hall–Kier alpha value is -4.88. The summed E-state index contributed by atoms with van der Waals surface area (Å²) in [6.45, 7) is 16.8. The van der Waals surface area contributed by atoms with Gasteiger partial charge in [0.15, 0.2) is 11.5 Å². The maximum atomic E-state index is 12.9. The Kier molecular flexibility index (Phi) is 20.5. The van der Waals surface area contributed by atoms with E-state index >= 15 is 0 Å². The van der Waals surface area contributed by atoms with Gasteiger partial charge in [-0.15, -0.1) is 26.0 Å². The first-order valence-electron chi connectivity index (χ1n) is 18.7. The van der Waals surface area contributed by atoms with Gasteiger partial charge < -0.3 is 23.5 Å². The number of benzene rings is 2. The lowest BCUT2D eigenvalue weighted by atomic mass is 10.1. The number of hydrogen-bond acceptors (Lipinski definition) is 6. The summed E-state index contributed by atoms with van der Waals surface area (Å²) in [6.07, 6.45) is 17.1. The topological polar surface area (TPSA) is 58.0 Å². The monoisotopic (exact) mass is 749 g/mol. The predicted octanol–water partition coefficient (Wildman–Crippen LogP) is 11.9. The first-order chi connectivity index (χ1) is 26.1. The Balaban J connectivity index is 0.00000244. The van der Waals surface area contributed by atoms with Gasteiger partial charge in [0.05, 0.1) is 23.8 Å². The molecule has 0 saturated heterocycles. The molecule has 0 saturated carbocycles. The minimum atomic E-state index is -4.76. The van der Waals surface area contributed by atoms with Crippen molar-refractivity contribution >= 4 is 5.57 Å². The molecule has 7 nitrogen and oxygen atoms in total. The van der Waals surface area contributed by atoms with Crippen LogP contribution in [0.4, 0.5) is 13.2 Å². The summed E-state index contributed by atoms with van der Waals surface area (Å²) in [5.41, 5.74) is 4.54. The third kappa shape index (κ3) is 14.9.